The minimum atomic E-state index is 0.720. The fraction of sp³-hybridized carbons (Fsp3) is 0.133. The first-order valence-electron chi connectivity index (χ1n) is 11.5. The van der Waals surface area contributed by atoms with Crippen LogP contribution in [0.2, 0.25) is 0 Å². The average Bonchev–Trinajstić information content (AvgIpc) is 2.89. The molecule has 0 N–H and O–H groups in total. The van der Waals surface area contributed by atoms with Crippen molar-refractivity contribution in [2.45, 2.75) is 27.2 Å². The summed E-state index contributed by atoms with van der Waals surface area (Å²) in [6.45, 7) is 6.34. The summed E-state index contributed by atoms with van der Waals surface area (Å²) in [6, 6.07) is 14.5. The molecule has 2 aromatic heterocycles. The fourth-order valence-electron chi connectivity index (χ4n) is 4.58. The summed E-state index contributed by atoms with van der Waals surface area (Å²) in [6.07, 6.45) is 16.5. The van der Waals surface area contributed by atoms with Gasteiger partial charge in [0.2, 0.25) is 0 Å². The van der Waals surface area contributed by atoms with Gasteiger partial charge in [-0.2, -0.15) is 0 Å². The third-order valence-electron chi connectivity index (χ3n) is 6.22. The first-order valence-corrected chi connectivity index (χ1v) is 11.5. The molecular weight excluding hydrogens is 416 g/mol. The van der Waals surface area contributed by atoms with Crippen LogP contribution in [0.5, 0.6) is 0 Å². The summed E-state index contributed by atoms with van der Waals surface area (Å²) in [5.41, 5.74) is 8.10. The van der Waals surface area contributed by atoms with Crippen molar-refractivity contribution < 1.29 is 0 Å². The molecule has 2 aromatic carbocycles. The molecule has 0 fully saturated rings. The zero-order valence-corrected chi connectivity index (χ0v) is 19.7. The third kappa shape index (κ3) is 3.99. The van der Waals surface area contributed by atoms with Gasteiger partial charge in [-0.15, -0.1) is 0 Å². The van der Waals surface area contributed by atoms with Gasteiger partial charge in [0.1, 0.15) is 0 Å². The Morgan fingerprint density at radius 2 is 1.44 bits per heavy atom. The number of rotatable bonds is 4. The summed E-state index contributed by atoms with van der Waals surface area (Å²) in [7, 11) is 0. The number of hydrogen-bond acceptors (Lipinski definition) is 4. The molecule has 4 nitrogen and oxygen atoms in total. The van der Waals surface area contributed by atoms with Crippen LogP contribution in [0, 0.1) is 6.92 Å². The van der Waals surface area contributed by atoms with E-state index in [2.05, 4.69) is 88.4 Å². The van der Waals surface area contributed by atoms with E-state index in [1.165, 1.54) is 33.1 Å². The lowest BCUT2D eigenvalue weighted by atomic mass is 9.80. The quantitative estimate of drug-likeness (QED) is 0.336. The maximum Gasteiger partial charge on any atom is 0.159 e. The van der Waals surface area contributed by atoms with E-state index >= 15 is 0 Å². The number of allylic oxidation sites excluding steroid dienone is 8. The fourth-order valence-corrected chi connectivity index (χ4v) is 4.58. The predicted molar refractivity (Wildman–Crippen MR) is 140 cm³/mol. The van der Waals surface area contributed by atoms with E-state index < -0.39 is 0 Å². The Labute approximate surface area is 200 Å². The van der Waals surface area contributed by atoms with Gasteiger partial charge < -0.3 is 0 Å². The van der Waals surface area contributed by atoms with Crippen LogP contribution in [-0.2, 0) is 0 Å². The Kier molecular flexibility index (Phi) is 5.96. The van der Waals surface area contributed by atoms with Crippen molar-refractivity contribution in [3.63, 3.8) is 0 Å². The highest BCUT2D eigenvalue weighted by Crippen LogP contribution is 2.44. The molecule has 0 unspecified atom stereocenters. The van der Waals surface area contributed by atoms with Crippen LogP contribution in [-0.4, -0.2) is 19.9 Å². The van der Waals surface area contributed by atoms with Crippen molar-refractivity contribution in [2.24, 2.45) is 0 Å². The highest BCUT2D eigenvalue weighted by molar-refractivity contribution is 6.09. The standard InChI is InChI=1S/C30H26N4/c1-4-5-10-22-19-25(26(17-20(22)2)29-31-13-8-14-32-29)28-24-12-7-6-11-23(24)21(3)18-27(28)30-33-15-9-16-34-30/h4-18H,19H2,1-3H3/b5-4-,22-10+. The Morgan fingerprint density at radius 1 is 0.794 bits per heavy atom. The Morgan fingerprint density at radius 3 is 2.12 bits per heavy atom. The molecule has 0 radical (unpaired) electrons. The van der Waals surface area contributed by atoms with E-state index in [0.29, 0.717) is 0 Å². The molecule has 2 heterocycles. The SMILES string of the molecule is C/C=C\C=C1/CC(c2c(-c3ncccn3)cc(C)c3ccccc23)=C(c2ncccn2)C=C1C. The van der Waals surface area contributed by atoms with Crippen molar-refractivity contribution in [2.75, 3.05) is 0 Å². The number of aromatic nitrogens is 4. The zero-order valence-electron chi connectivity index (χ0n) is 19.7. The molecular formula is C30H26N4. The predicted octanol–water partition coefficient (Wildman–Crippen LogP) is 7.16. The van der Waals surface area contributed by atoms with Crippen molar-refractivity contribution >= 4 is 21.9 Å². The van der Waals surface area contributed by atoms with Crippen molar-refractivity contribution in [3.05, 3.63) is 120 Å². The molecule has 0 amide bonds. The highest BCUT2D eigenvalue weighted by atomic mass is 14.9. The Hall–Kier alpha value is -4.18. The molecule has 166 valence electrons. The summed E-state index contributed by atoms with van der Waals surface area (Å²) >= 11 is 0. The van der Waals surface area contributed by atoms with Crippen LogP contribution in [0.4, 0.5) is 0 Å². The highest BCUT2D eigenvalue weighted by Gasteiger charge is 2.25. The monoisotopic (exact) mass is 442 g/mol. The lowest BCUT2D eigenvalue weighted by Gasteiger charge is -2.24. The second-order valence-electron chi connectivity index (χ2n) is 8.42. The van der Waals surface area contributed by atoms with E-state index in [1.54, 1.807) is 24.8 Å². The second kappa shape index (κ2) is 9.36. The summed E-state index contributed by atoms with van der Waals surface area (Å²) in [4.78, 5) is 18.5. The number of nitrogens with zero attached hydrogens (tertiary/aromatic N) is 4. The van der Waals surface area contributed by atoms with E-state index in [-0.39, 0.29) is 0 Å². The van der Waals surface area contributed by atoms with Gasteiger partial charge in [-0.25, -0.2) is 19.9 Å². The van der Waals surface area contributed by atoms with Gasteiger partial charge in [-0.05, 0) is 90.1 Å². The molecule has 0 atom stereocenters. The average molecular weight is 443 g/mol. The van der Waals surface area contributed by atoms with Gasteiger partial charge >= 0.3 is 0 Å². The third-order valence-corrected chi connectivity index (χ3v) is 6.22. The van der Waals surface area contributed by atoms with Crippen molar-refractivity contribution in [3.8, 4) is 11.4 Å². The van der Waals surface area contributed by atoms with Gasteiger partial charge in [0.05, 0.1) is 0 Å². The van der Waals surface area contributed by atoms with E-state index in [0.717, 1.165) is 34.8 Å². The van der Waals surface area contributed by atoms with Crippen LogP contribution in [0.3, 0.4) is 0 Å². The molecule has 4 aromatic rings. The Bertz CT molecular complexity index is 1480. The second-order valence-corrected chi connectivity index (χ2v) is 8.42. The largest absolute Gasteiger partial charge is 0.237 e. The maximum atomic E-state index is 4.63. The minimum Gasteiger partial charge on any atom is -0.237 e. The first-order chi connectivity index (χ1) is 16.7. The van der Waals surface area contributed by atoms with Crippen molar-refractivity contribution in [1.82, 2.24) is 19.9 Å². The van der Waals surface area contributed by atoms with Gasteiger partial charge in [0.15, 0.2) is 11.6 Å². The maximum absolute atomic E-state index is 4.63. The lowest BCUT2D eigenvalue weighted by Crippen LogP contribution is -2.06. The van der Waals surface area contributed by atoms with E-state index in [9.17, 15) is 0 Å². The molecule has 4 heteroatoms. The summed E-state index contributed by atoms with van der Waals surface area (Å²) in [5.74, 6) is 1.45. The molecule has 0 saturated heterocycles. The summed E-state index contributed by atoms with van der Waals surface area (Å²) < 4.78 is 0. The van der Waals surface area contributed by atoms with Gasteiger partial charge in [-0.1, -0.05) is 42.5 Å². The molecule has 0 bridgehead atoms. The summed E-state index contributed by atoms with van der Waals surface area (Å²) in [5, 5.41) is 2.41. The van der Waals surface area contributed by atoms with Crippen LogP contribution < -0.4 is 0 Å². The smallest absolute Gasteiger partial charge is 0.159 e. The number of aryl methyl sites for hydroxylation is 1. The molecule has 5 rings (SSSR count). The van der Waals surface area contributed by atoms with Crippen LogP contribution in [0.15, 0.2) is 103 Å². The Balaban J connectivity index is 1.90. The number of benzene rings is 2. The van der Waals surface area contributed by atoms with Crippen molar-refractivity contribution in [1.29, 1.82) is 0 Å². The number of fused-ring (bicyclic) bond motifs is 1. The molecule has 1 aliphatic carbocycles. The van der Waals surface area contributed by atoms with Gasteiger partial charge in [0.25, 0.3) is 0 Å². The van der Waals surface area contributed by atoms with Crippen LogP contribution >= 0.6 is 0 Å². The van der Waals surface area contributed by atoms with E-state index in [4.69, 9.17) is 0 Å². The normalized spacial score (nSPS) is 15.4. The molecule has 0 aliphatic heterocycles. The molecule has 34 heavy (non-hydrogen) atoms. The molecule has 0 spiro atoms. The molecule has 1 aliphatic rings. The lowest BCUT2D eigenvalue weighted by molar-refractivity contribution is 1.10. The number of hydrogen-bond donors (Lipinski definition) is 0. The van der Waals surface area contributed by atoms with Crippen LogP contribution in [0.25, 0.3) is 33.3 Å². The molecule has 0 saturated carbocycles. The topological polar surface area (TPSA) is 51.6 Å². The zero-order chi connectivity index (χ0) is 23.5. The minimum absolute atomic E-state index is 0.720. The van der Waals surface area contributed by atoms with Crippen LogP contribution in [0.1, 0.15) is 37.2 Å². The van der Waals surface area contributed by atoms with Gasteiger partial charge in [-0.3, -0.25) is 0 Å². The van der Waals surface area contributed by atoms with Gasteiger partial charge in [0, 0.05) is 35.9 Å². The first kappa shape index (κ1) is 21.7. The van der Waals surface area contributed by atoms with E-state index in [1.807, 2.05) is 19.1 Å².